The highest BCUT2D eigenvalue weighted by Gasteiger charge is 2.17. The van der Waals surface area contributed by atoms with Gasteiger partial charge >= 0.3 is 0 Å². The smallest absolute Gasteiger partial charge is 0.222 e. The van der Waals surface area contributed by atoms with Crippen LogP contribution in [0.3, 0.4) is 0 Å². The fraction of sp³-hybridized carbons (Fsp3) is 0.588. The van der Waals surface area contributed by atoms with E-state index in [-0.39, 0.29) is 11.9 Å². The second-order valence-electron chi connectivity index (χ2n) is 6.16. The quantitative estimate of drug-likeness (QED) is 0.905. The predicted molar refractivity (Wildman–Crippen MR) is 87.5 cm³/mol. The lowest BCUT2D eigenvalue weighted by molar-refractivity contribution is -0.128. The van der Waals surface area contributed by atoms with Gasteiger partial charge in [-0.05, 0) is 43.4 Å². The third-order valence-electron chi connectivity index (χ3n) is 4.16. The number of fused-ring (bicyclic) bond motifs is 1. The molecule has 1 heterocycles. The molecule has 0 saturated heterocycles. The molecule has 0 saturated carbocycles. The van der Waals surface area contributed by atoms with Crippen molar-refractivity contribution < 1.29 is 4.79 Å². The SMILES string of the molecule is CC(N)c1ccc2c(c1)CCCN2CCCC(=O)N(C)C. The molecule has 0 spiro atoms. The molecule has 2 rings (SSSR count). The summed E-state index contributed by atoms with van der Waals surface area (Å²) in [6.45, 7) is 4.06. The largest absolute Gasteiger partial charge is 0.371 e. The highest BCUT2D eigenvalue weighted by Crippen LogP contribution is 2.29. The fourth-order valence-electron chi connectivity index (χ4n) is 2.86. The molecule has 1 aromatic carbocycles. The average molecular weight is 289 g/mol. The summed E-state index contributed by atoms with van der Waals surface area (Å²) in [5.74, 6) is 0.208. The maximum absolute atomic E-state index is 11.6. The molecule has 0 aromatic heterocycles. The number of nitrogens with zero attached hydrogens (tertiary/aromatic N) is 2. The summed E-state index contributed by atoms with van der Waals surface area (Å²) >= 11 is 0. The molecule has 116 valence electrons. The van der Waals surface area contributed by atoms with Gasteiger partial charge in [-0.3, -0.25) is 4.79 Å². The Hall–Kier alpha value is -1.55. The molecule has 1 aromatic rings. The predicted octanol–water partition coefficient (Wildman–Crippen LogP) is 2.33. The normalized spacial score (nSPS) is 15.5. The molecule has 4 nitrogen and oxygen atoms in total. The van der Waals surface area contributed by atoms with Crippen LogP contribution in [0, 0.1) is 0 Å². The van der Waals surface area contributed by atoms with Crippen molar-refractivity contribution in [3.05, 3.63) is 29.3 Å². The Balaban J connectivity index is 2.00. The summed E-state index contributed by atoms with van der Waals surface area (Å²) < 4.78 is 0. The summed E-state index contributed by atoms with van der Waals surface area (Å²) in [7, 11) is 3.63. The number of carbonyl (C=O) groups excluding carboxylic acids is 1. The lowest BCUT2D eigenvalue weighted by Crippen LogP contribution is -2.31. The van der Waals surface area contributed by atoms with Gasteiger partial charge in [0.05, 0.1) is 0 Å². The minimum absolute atomic E-state index is 0.0865. The molecule has 0 bridgehead atoms. The Morgan fingerprint density at radius 2 is 2.19 bits per heavy atom. The summed E-state index contributed by atoms with van der Waals surface area (Å²) in [6, 6.07) is 6.66. The van der Waals surface area contributed by atoms with Gasteiger partial charge in [0.1, 0.15) is 0 Å². The first kappa shape index (κ1) is 15.8. The summed E-state index contributed by atoms with van der Waals surface area (Å²) in [6.07, 6.45) is 3.84. The van der Waals surface area contributed by atoms with E-state index < -0.39 is 0 Å². The molecule has 2 N–H and O–H groups in total. The summed E-state index contributed by atoms with van der Waals surface area (Å²) in [4.78, 5) is 15.7. The Morgan fingerprint density at radius 3 is 2.86 bits per heavy atom. The molecule has 1 atom stereocenters. The van der Waals surface area contributed by atoms with Gasteiger partial charge in [0, 0.05) is 45.3 Å². The number of anilines is 1. The number of rotatable bonds is 5. The van der Waals surface area contributed by atoms with Gasteiger partial charge < -0.3 is 15.5 Å². The minimum atomic E-state index is 0.0865. The number of aryl methyl sites for hydroxylation is 1. The van der Waals surface area contributed by atoms with E-state index in [1.54, 1.807) is 4.90 Å². The molecular formula is C17H27N3O. The van der Waals surface area contributed by atoms with Crippen molar-refractivity contribution >= 4 is 11.6 Å². The van der Waals surface area contributed by atoms with E-state index in [9.17, 15) is 4.79 Å². The Morgan fingerprint density at radius 1 is 1.43 bits per heavy atom. The first-order chi connectivity index (χ1) is 9.99. The van der Waals surface area contributed by atoms with Crippen LogP contribution in [0.4, 0.5) is 5.69 Å². The van der Waals surface area contributed by atoms with E-state index in [1.807, 2.05) is 21.0 Å². The van der Waals surface area contributed by atoms with Gasteiger partial charge in [0.15, 0.2) is 0 Å². The van der Waals surface area contributed by atoms with E-state index >= 15 is 0 Å². The fourth-order valence-corrected chi connectivity index (χ4v) is 2.86. The van der Waals surface area contributed by atoms with Crippen molar-refractivity contribution in [2.45, 2.75) is 38.6 Å². The number of benzene rings is 1. The zero-order chi connectivity index (χ0) is 15.4. The molecule has 1 aliphatic heterocycles. The lowest BCUT2D eigenvalue weighted by Gasteiger charge is -2.32. The first-order valence-electron chi connectivity index (χ1n) is 7.82. The van der Waals surface area contributed by atoms with Crippen LogP contribution in [-0.2, 0) is 11.2 Å². The molecule has 0 radical (unpaired) electrons. The van der Waals surface area contributed by atoms with Gasteiger partial charge in [0.2, 0.25) is 5.91 Å². The van der Waals surface area contributed by atoms with Crippen molar-refractivity contribution in [3.8, 4) is 0 Å². The minimum Gasteiger partial charge on any atom is -0.371 e. The van der Waals surface area contributed by atoms with Crippen molar-refractivity contribution in [1.29, 1.82) is 0 Å². The molecular weight excluding hydrogens is 262 g/mol. The Labute approximate surface area is 127 Å². The van der Waals surface area contributed by atoms with Crippen LogP contribution in [0.2, 0.25) is 0 Å². The third-order valence-corrected chi connectivity index (χ3v) is 4.16. The Kier molecular flexibility index (Phi) is 5.23. The molecule has 1 unspecified atom stereocenters. The van der Waals surface area contributed by atoms with E-state index in [1.165, 1.54) is 23.2 Å². The molecule has 21 heavy (non-hydrogen) atoms. The maximum atomic E-state index is 11.6. The van der Waals surface area contributed by atoms with Gasteiger partial charge in [0.25, 0.3) is 0 Å². The number of hydrogen-bond donors (Lipinski definition) is 1. The first-order valence-corrected chi connectivity index (χ1v) is 7.82. The maximum Gasteiger partial charge on any atom is 0.222 e. The third kappa shape index (κ3) is 3.97. The van der Waals surface area contributed by atoms with Crippen molar-refractivity contribution in [2.24, 2.45) is 5.73 Å². The van der Waals surface area contributed by atoms with E-state index in [4.69, 9.17) is 5.73 Å². The highest BCUT2D eigenvalue weighted by molar-refractivity contribution is 5.75. The molecule has 0 fully saturated rings. The topological polar surface area (TPSA) is 49.6 Å². The zero-order valence-corrected chi connectivity index (χ0v) is 13.4. The van der Waals surface area contributed by atoms with Crippen LogP contribution in [0.25, 0.3) is 0 Å². The van der Waals surface area contributed by atoms with Crippen LogP contribution >= 0.6 is 0 Å². The van der Waals surface area contributed by atoms with Crippen LogP contribution in [0.15, 0.2) is 18.2 Å². The number of amides is 1. The second kappa shape index (κ2) is 6.94. The Bertz CT molecular complexity index is 497. The monoisotopic (exact) mass is 289 g/mol. The number of carbonyl (C=O) groups is 1. The van der Waals surface area contributed by atoms with Crippen molar-refractivity contribution in [1.82, 2.24) is 4.90 Å². The van der Waals surface area contributed by atoms with Crippen molar-refractivity contribution in [2.75, 3.05) is 32.1 Å². The van der Waals surface area contributed by atoms with Crippen LogP contribution < -0.4 is 10.6 Å². The van der Waals surface area contributed by atoms with E-state index in [0.717, 1.165) is 25.9 Å². The highest BCUT2D eigenvalue weighted by atomic mass is 16.2. The lowest BCUT2D eigenvalue weighted by atomic mass is 9.97. The van der Waals surface area contributed by atoms with E-state index in [2.05, 4.69) is 23.1 Å². The van der Waals surface area contributed by atoms with Crippen LogP contribution in [0.5, 0.6) is 0 Å². The van der Waals surface area contributed by atoms with Gasteiger partial charge in [-0.15, -0.1) is 0 Å². The van der Waals surface area contributed by atoms with Crippen molar-refractivity contribution in [3.63, 3.8) is 0 Å². The van der Waals surface area contributed by atoms with Crippen LogP contribution in [-0.4, -0.2) is 38.0 Å². The molecule has 0 aliphatic carbocycles. The standard InChI is InChI=1S/C17H27N3O/c1-13(18)14-8-9-16-15(12-14)6-4-10-20(16)11-5-7-17(21)19(2)3/h8-9,12-13H,4-7,10-11,18H2,1-3H3. The number of nitrogens with two attached hydrogens (primary N) is 1. The molecule has 1 amide bonds. The second-order valence-corrected chi connectivity index (χ2v) is 6.16. The summed E-state index contributed by atoms with van der Waals surface area (Å²) in [5, 5.41) is 0. The molecule has 4 heteroatoms. The van der Waals surface area contributed by atoms with Gasteiger partial charge in [-0.25, -0.2) is 0 Å². The number of hydrogen-bond acceptors (Lipinski definition) is 3. The summed E-state index contributed by atoms with van der Waals surface area (Å²) in [5.41, 5.74) is 9.89. The molecule has 1 aliphatic rings. The van der Waals surface area contributed by atoms with Gasteiger partial charge in [-0.1, -0.05) is 12.1 Å². The van der Waals surface area contributed by atoms with E-state index in [0.29, 0.717) is 6.42 Å². The van der Waals surface area contributed by atoms with Crippen LogP contribution in [0.1, 0.15) is 43.4 Å². The average Bonchev–Trinajstić information content (AvgIpc) is 2.46. The zero-order valence-electron chi connectivity index (χ0n) is 13.4. The van der Waals surface area contributed by atoms with Gasteiger partial charge in [-0.2, -0.15) is 0 Å².